The lowest BCUT2D eigenvalue weighted by atomic mass is 10.2. The molecule has 0 radical (unpaired) electrons. The van der Waals surface area contributed by atoms with E-state index in [0.717, 1.165) is 15.9 Å². The molecule has 5 heteroatoms. The Morgan fingerprint density at radius 2 is 2.12 bits per heavy atom. The molecular formula is C11H13N3S2. The molecular weight excluding hydrogens is 238 g/mol. The minimum absolute atomic E-state index is 0.876. The predicted octanol–water partition coefficient (Wildman–Crippen LogP) is 2.72. The second kappa shape index (κ2) is 5.43. The first kappa shape index (κ1) is 11.6. The monoisotopic (exact) mass is 251 g/mol. The van der Waals surface area contributed by atoms with Gasteiger partial charge in [0.25, 0.3) is 0 Å². The van der Waals surface area contributed by atoms with Crippen LogP contribution < -0.4 is 5.32 Å². The minimum Gasteiger partial charge on any atom is -0.316 e. The third-order valence-electron chi connectivity index (χ3n) is 2.04. The molecule has 0 aliphatic carbocycles. The quantitative estimate of drug-likeness (QED) is 0.906. The summed E-state index contributed by atoms with van der Waals surface area (Å²) in [5, 5.41) is 12.3. The molecule has 0 spiro atoms. The van der Waals surface area contributed by atoms with Gasteiger partial charge in [0.05, 0.1) is 0 Å². The number of aryl methyl sites for hydroxylation is 1. The van der Waals surface area contributed by atoms with Crippen LogP contribution in [0.15, 0.2) is 33.5 Å². The van der Waals surface area contributed by atoms with Crippen molar-refractivity contribution in [2.45, 2.75) is 22.7 Å². The van der Waals surface area contributed by atoms with Crippen molar-refractivity contribution in [3.63, 3.8) is 0 Å². The Morgan fingerprint density at radius 3 is 2.81 bits per heavy atom. The fourth-order valence-corrected chi connectivity index (χ4v) is 3.26. The molecule has 1 aromatic carbocycles. The summed E-state index contributed by atoms with van der Waals surface area (Å²) in [5.74, 6) is 0. The Bertz CT molecular complexity index is 468. The van der Waals surface area contributed by atoms with Gasteiger partial charge in [-0.05, 0) is 25.6 Å². The van der Waals surface area contributed by atoms with Crippen LogP contribution in [0.3, 0.4) is 0 Å². The van der Waals surface area contributed by atoms with Gasteiger partial charge in [0.15, 0.2) is 4.34 Å². The van der Waals surface area contributed by atoms with E-state index < -0.39 is 0 Å². The van der Waals surface area contributed by atoms with Gasteiger partial charge in [-0.1, -0.05) is 41.3 Å². The van der Waals surface area contributed by atoms with E-state index >= 15 is 0 Å². The molecule has 0 saturated carbocycles. The highest BCUT2D eigenvalue weighted by atomic mass is 32.2. The van der Waals surface area contributed by atoms with Crippen LogP contribution in [0.4, 0.5) is 0 Å². The summed E-state index contributed by atoms with van der Waals surface area (Å²) in [4.78, 5) is 1.24. The molecule has 2 aromatic rings. The fourth-order valence-electron chi connectivity index (χ4n) is 1.35. The molecule has 0 aliphatic heterocycles. The molecule has 1 aromatic heterocycles. The third kappa shape index (κ3) is 2.81. The largest absolute Gasteiger partial charge is 0.316 e. The van der Waals surface area contributed by atoms with E-state index in [2.05, 4.69) is 39.8 Å². The molecule has 3 nitrogen and oxygen atoms in total. The SMILES string of the molecule is CNCc1ccccc1Sc1nnc(C)s1. The van der Waals surface area contributed by atoms with Crippen molar-refractivity contribution in [3.05, 3.63) is 34.8 Å². The van der Waals surface area contributed by atoms with E-state index in [1.165, 1.54) is 10.5 Å². The van der Waals surface area contributed by atoms with Crippen LogP contribution in [0, 0.1) is 6.92 Å². The molecule has 1 heterocycles. The first-order valence-corrected chi connectivity index (χ1v) is 6.63. The van der Waals surface area contributed by atoms with Gasteiger partial charge in [0.1, 0.15) is 5.01 Å². The summed E-state index contributed by atoms with van der Waals surface area (Å²) < 4.78 is 1.00. The number of nitrogens with one attached hydrogen (secondary N) is 1. The molecule has 0 saturated heterocycles. The maximum atomic E-state index is 4.12. The Balaban J connectivity index is 2.20. The summed E-state index contributed by atoms with van der Waals surface area (Å²) in [6, 6.07) is 8.36. The van der Waals surface area contributed by atoms with Crippen LogP contribution >= 0.6 is 23.1 Å². The molecule has 2 rings (SSSR count). The zero-order chi connectivity index (χ0) is 11.4. The summed E-state index contributed by atoms with van der Waals surface area (Å²) in [5.41, 5.74) is 1.29. The van der Waals surface area contributed by atoms with Crippen LogP contribution in [-0.2, 0) is 6.54 Å². The molecule has 0 fully saturated rings. The van der Waals surface area contributed by atoms with Crippen LogP contribution in [0.5, 0.6) is 0 Å². The van der Waals surface area contributed by atoms with Gasteiger partial charge in [0.2, 0.25) is 0 Å². The van der Waals surface area contributed by atoms with Crippen molar-refractivity contribution >= 4 is 23.1 Å². The molecule has 16 heavy (non-hydrogen) atoms. The zero-order valence-corrected chi connectivity index (χ0v) is 10.9. The maximum absolute atomic E-state index is 4.12. The molecule has 0 atom stereocenters. The number of hydrogen-bond acceptors (Lipinski definition) is 5. The van der Waals surface area contributed by atoms with E-state index in [-0.39, 0.29) is 0 Å². The van der Waals surface area contributed by atoms with Gasteiger partial charge in [-0.15, -0.1) is 10.2 Å². The smallest absolute Gasteiger partial charge is 0.179 e. The topological polar surface area (TPSA) is 37.8 Å². The van der Waals surface area contributed by atoms with E-state index in [4.69, 9.17) is 0 Å². The van der Waals surface area contributed by atoms with Crippen molar-refractivity contribution in [3.8, 4) is 0 Å². The van der Waals surface area contributed by atoms with Gasteiger partial charge < -0.3 is 5.32 Å². The highest BCUT2D eigenvalue weighted by Gasteiger charge is 2.06. The van der Waals surface area contributed by atoms with Crippen molar-refractivity contribution < 1.29 is 0 Å². The van der Waals surface area contributed by atoms with Crippen LogP contribution in [-0.4, -0.2) is 17.2 Å². The van der Waals surface area contributed by atoms with Gasteiger partial charge in [0, 0.05) is 11.4 Å². The van der Waals surface area contributed by atoms with Crippen LogP contribution in [0.25, 0.3) is 0 Å². The van der Waals surface area contributed by atoms with Crippen molar-refractivity contribution in [2.24, 2.45) is 0 Å². The molecule has 84 valence electrons. The Morgan fingerprint density at radius 1 is 1.31 bits per heavy atom. The summed E-state index contributed by atoms with van der Waals surface area (Å²) in [6.45, 7) is 2.85. The third-order valence-corrected chi connectivity index (χ3v) is 4.05. The van der Waals surface area contributed by atoms with Crippen molar-refractivity contribution in [1.29, 1.82) is 0 Å². The Kier molecular flexibility index (Phi) is 3.93. The number of rotatable bonds is 4. The molecule has 0 amide bonds. The van der Waals surface area contributed by atoms with E-state index in [9.17, 15) is 0 Å². The van der Waals surface area contributed by atoms with Gasteiger partial charge in [-0.2, -0.15) is 0 Å². The lowest BCUT2D eigenvalue weighted by Gasteiger charge is -2.05. The second-order valence-electron chi connectivity index (χ2n) is 3.33. The first-order chi connectivity index (χ1) is 7.79. The molecule has 0 unspecified atom stereocenters. The maximum Gasteiger partial charge on any atom is 0.179 e. The van der Waals surface area contributed by atoms with Gasteiger partial charge in [-0.3, -0.25) is 0 Å². The normalized spacial score (nSPS) is 10.6. The summed E-state index contributed by atoms with van der Waals surface area (Å²) in [6.07, 6.45) is 0. The van der Waals surface area contributed by atoms with Crippen molar-refractivity contribution in [1.82, 2.24) is 15.5 Å². The molecule has 0 aliphatic rings. The minimum atomic E-state index is 0.876. The predicted molar refractivity (Wildman–Crippen MR) is 68.0 cm³/mol. The number of nitrogens with zero attached hydrogens (tertiary/aromatic N) is 2. The number of benzene rings is 1. The zero-order valence-electron chi connectivity index (χ0n) is 9.23. The Labute approximate surface area is 103 Å². The van der Waals surface area contributed by atoms with Gasteiger partial charge >= 0.3 is 0 Å². The molecule has 1 N–H and O–H groups in total. The summed E-state index contributed by atoms with van der Waals surface area (Å²) >= 11 is 3.31. The van der Waals surface area contributed by atoms with Gasteiger partial charge in [-0.25, -0.2) is 0 Å². The first-order valence-electron chi connectivity index (χ1n) is 5.00. The standard InChI is InChI=1S/C11H13N3S2/c1-8-13-14-11(15-8)16-10-6-4-3-5-9(10)7-12-2/h3-6,12H,7H2,1-2H3. The van der Waals surface area contributed by atoms with Crippen LogP contribution in [0.2, 0.25) is 0 Å². The summed E-state index contributed by atoms with van der Waals surface area (Å²) in [7, 11) is 1.95. The van der Waals surface area contributed by atoms with E-state index in [1.807, 2.05) is 14.0 Å². The highest BCUT2D eigenvalue weighted by molar-refractivity contribution is 8.01. The second-order valence-corrected chi connectivity index (χ2v) is 5.80. The Hall–Kier alpha value is -0.910. The van der Waals surface area contributed by atoms with Crippen LogP contribution in [0.1, 0.15) is 10.6 Å². The highest BCUT2D eigenvalue weighted by Crippen LogP contribution is 2.32. The number of aromatic nitrogens is 2. The van der Waals surface area contributed by atoms with E-state index in [0.29, 0.717) is 0 Å². The van der Waals surface area contributed by atoms with Crippen molar-refractivity contribution in [2.75, 3.05) is 7.05 Å². The van der Waals surface area contributed by atoms with E-state index in [1.54, 1.807) is 23.1 Å². The molecule has 0 bridgehead atoms. The number of hydrogen-bond donors (Lipinski definition) is 1. The average molecular weight is 251 g/mol. The lowest BCUT2D eigenvalue weighted by Crippen LogP contribution is -2.05. The average Bonchev–Trinajstić information content (AvgIpc) is 2.67. The fraction of sp³-hybridized carbons (Fsp3) is 0.273. The lowest BCUT2D eigenvalue weighted by molar-refractivity contribution is 0.803.